The number of fused-ring (bicyclic) bond motifs is 5. The first-order valence-corrected chi connectivity index (χ1v) is 12.5. The van der Waals surface area contributed by atoms with Gasteiger partial charge in [0.15, 0.2) is 5.60 Å². The van der Waals surface area contributed by atoms with Crippen LogP contribution in [0.5, 0.6) is 0 Å². The zero-order chi connectivity index (χ0) is 25.2. The minimum absolute atomic E-state index is 0.130. The molecule has 2 aromatic heterocycles. The first kappa shape index (κ1) is 23.1. The first-order chi connectivity index (χ1) is 17.4. The number of aliphatic hydroxyl groups is 1. The number of halogens is 1. The Labute approximate surface area is 207 Å². The lowest BCUT2D eigenvalue weighted by Gasteiger charge is -2.34. The molecule has 1 saturated heterocycles. The Morgan fingerprint density at radius 3 is 2.64 bits per heavy atom. The van der Waals surface area contributed by atoms with Crippen LogP contribution in [0.2, 0.25) is 0 Å². The predicted octanol–water partition coefficient (Wildman–Crippen LogP) is 2.34. The molecule has 6 rings (SSSR count). The van der Waals surface area contributed by atoms with Crippen molar-refractivity contribution in [2.45, 2.75) is 38.5 Å². The molecule has 0 spiro atoms. The molecule has 1 atom stereocenters. The zero-order valence-electron chi connectivity index (χ0n) is 20.5. The summed E-state index contributed by atoms with van der Waals surface area (Å²) < 4.78 is 20.0. The Bertz CT molecular complexity index is 1460. The van der Waals surface area contributed by atoms with Gasteiger partial charge in [-0.3, -0.25) is 9.18 Å². The normalized spacial score (nSPS) is 21.3. The van der Waals surface area contributed by atoms with Crippen LogP contribution in [-0.4, -0.2) is 65.4 Å². The van der Waals surface area contributed by atoms with Gasteiger partial charge in [0, 0.05) is 54.8 Å². The third kappa shape index (κ3) is 3.29. The maximum atomic E-state index is 13.5. The number of likely N-dealkylation sites (N-methyl/N-ethyl adjacent to an activating group) is 1. The highest BCUT2D eigenvalue weighted by Gasteiger charge is 2.46. The standard InChI is InChI=1S/C27H29FN4O4/c1-3-17-18-12-16(31-10-8-30(2)9-11-31)4-5-22(18)29-24-19(17)14-32-23(24)13-21-20(25(32)33)15-36-26(34)27(21,35)6-7-28/h4-5,12-13,35H,3,6-11,14-15H2,1-2H3. The fourth-order valence-electron chi connectivity index (χ4n) is 5.85. The maximum Gasteiger partial charge on any atom is 0.343 e. The molecule has 9 heteroatoms. The number of nitrogens with zero attached hydrogens (tertiary/aromatic N) is 4. The monoisotopic (exact) mass is 492 g/mol. The number of carbonyl (C=O) groups is 1. The second-order valence-electron chi connectivity index (χ2n) is 9.95. The third-order valence-electron chi connectivity index (χ3n) is 7.96. The Morgan fingerprint density at radius 2 is 1.92 bits per heavy atom. The van der Waals surface area contributed by atoms with E-state index in [1.165, 1.54) is 5.69 Å². The van der Waals surface area contributed by atoms with Crippen molar-refractivity contribution in [2.75, 3.05) is 44.8 Å². The summed E-state index contributed by atoms with van der Waals surface area (Å²) >= 11 is 0. The molecule has 1 fully saturated rings. The van der Waals surface area contributed by atoms with Crippen molar-refractivity contribution >= 4 is 22.6 Å². The quantitative estimate of drug-likeness (QED) is 0.438. The highest BCUT2D eigenvalue weighted by Crippen LogP contribution is 2.41. The number of hydrogen-bond acceptors (Lipinski definition) is 7. The number of piperazine rings is 1. The molecule has 0 amide bonds. The van der Waals surface area contributed by atoms with Crippen LogP contribution >= 0.6 is 0 Å². The average Bonchev–Trinajstić information content (AvgIpc) is 3.24. The highest BCUT2D eigenvalue weighted by atomic mass is 19.1. The van der Waals surface area contributed by atoms with Gasteiger partial charge in [0.1, 0.15) is 6.61 Å². The zero-order valence-corrected chi connectivity index (χ0v) is 20.5. The summed E-state index contributed by atoms with van der Waals surface area (Å²) in [5.41, 5.74) is 3.14. The number of aromatic nitrogens is 2. The van der Waals surface area contributed by atoms with Crippen LogP contribution in [0.3, 0.4) is 0 Å². The number of hydrogen-bond donors (Lipinski definition) is 1. The van der Waals surface area contributed by atoms with Crippen molar-refractivity contribution in [3.8, 4) is 11.4 Å². The van der Waals surface area contributed by atoms with Crippen LogP contribution in [0.15, 0.2) is 29.1 Å². The molecule has 5 heterocycles. The van der Waals surface area contributed by atoms with Gasteiger partial charge in [-0.15, -0.1) is 0 Å². The summed E-state index contributed by atoms with van der Waals surface area (Å²) in [4.78, 5) is 35.6. The number of cyclic esters (lactones) is 1. The number of carbonyl (C=O) groups excluding carboxylic acids is 1. The lowest BCUT2D eigenvalue weighted by molar-refractivity contribution is -0.173. The van der Waals surface area contributed by atoms with E-state index in [4.69, 9.17) is 9.72 Å². The van der Waals surface area contributed by atoms with Gasteiger partial charge < -0.3 is 24.2 Å². The van der Waals surface area contributed by atoms with Crippen LogP contribution in [0, 0.1) is 0 Å². The van der Waals surface area contributed by atoms with Crippen LogP contribution < -0.4 is 10.5 Å². The summed E-state index contributed by atoms with van der Waals surface area (Å²) in [6, 6.07) is 7.96. The molecule has 0 bridgehead atoms. The molecule has 1 unspecified atom stereocenters. The van der Waals surface area contributed by atoms with Gasteiger partial charge in [-0.25, -0.2) is 9.78 Å². The van der Waals surface area contributed by atoms with Crippen molar-refractivity contribution in [3.63, 3.8) is 0 Å². The van der Waals surface area contributed by atoms with Gasteiger partial charge in [0.25, 0.3) is 5.56 Å². The van der Waals surface area contributed by atoms with Crippen molar-refractivity contribution in [1.82, 2.24) is 14.5 Å². The second-order valence-corrected chi connectivity index (χ2v) is 9.95. The Hall–Kier alpha value is -3.30. The van der Waals surface area contributed by atoms with Gasteiger partial charge >= 0.3 is 5.97 Å². The van der Waals surface area contributed by atoms with Gasteiger partial charge in [-0.1, -0.05) is 6.92 Å². The van der Waals surface area contributed by atoms with E-state index in [0.29, 0.717) is 17.9 Å². The van der Waals surface area contributed by atoms with E-state index in [1.54, 1.807) is 10.6 Å². The minimum atomic E-state index is -2.18. The number of benzene rings is 1. The fraction of sp³-hybridized carbons (Fsp3) is 0.444. The molecule has 3 aromatic rings. The number of esters is 1. The summed E-state index contributed by atoms with van der Waals surface area (Å²) in [6.07, 6.45) is 0.304. The Kier molecular flexibility index (Phi) is 5.38. The molecule has 188 valence electrons. The van der Waals surface area contributed by atoms with E-state index in [2.05, 4.69) is 35.9 Å². The number of anilines is 1. The summed E-state index contributed by atoms with van der Waals surface area (Å²) in [5.74, 6) is -0.924. The summed E-state index contributed by atoms with van der Waals surface area (Å²) in [7, 11) is 2.14. The van der Waals surface area contributed by atoms with Gasteiger partial charge in [-0.05, 0) is 43.3 Å². The third-order valence-corrected chi connectivity index (χ3v) is 7.96. The van der Waals surface area contributed by atoms with Crippen LogP contribution in [0.1, 0.15) is 35.6 Å². The Balaban J connectivity index is 1.51. The van der Waals surface area contributed by atoms with Crippen molar-refractivity contribution in [2.24, 2.45) is 0 Å². The number of ether oxygens (including phenoxy) is 1. The SMILES string of the molecule is CCc1c2c(nc3ccc(N4CCN(C)CC4)cc13)-c1cc3c(c(=O)n1C2)COC(=O)C3(O)CCF. The summed E-state index contributed by atoms with van der Waals surface area (Å²) in [6.45, 7) is 5.28. The first-order valence-electron chi connectivity index (χ1n) is 12.5. The molecule has 0 saturated carbocycles. The molecular formula is C27H29FN4O4. The van der Waals surface area contributed by atoms with E-state index >= 15 is 0 Å². The lowest BCUT2D eigenvalue weighted by Crippen LogP contribution is -2.45. The van der Waals surface area contributed by atoms with Crippen LogP contribution in [0.25, 0.3) is 22.3 Å². The topological polar surface area (TPSA) is 87.9 Å². The van der Waals surface area contributed by atoms with Crippen LogP contribution in [-0.2, 0) is 34.7 Å². The van der Waals surface area contributed by atoms with Gasteiger partial charge in [0.2, 0.25) is 0 Å². The van der Waals surface area contributed by atoms with Crippen molar-refractivity contribution in [1.29, 1.82) is 0 Å². The molecule has 36 heavy (non-hydrogen) atoms. The molecule has 3 aliphatic rings. The number of pyridine rings is 2. The van der Waals surface area contributed by atoms with E-state index < -0.39 is 24.7 Å². The highest BCUT2D eigenvalue weighted by molar-refractivity contribution is 5.91. The van der Waals surface area contributed by atoms with E-state index in [0.717, 1.165) is 54.6 Å². The molecule has 8 nitrogen and oxygen atoms in total. The van der Waals surface area contributed by atoms with E-state index in [9.17, 15) is 19.1 Å². The smallest absolute Gasteiger partial charge is 0.343 e. The second kappa shape index (κ2) is 8.38. The van der Waals surface area contributed by atoms with Gasteiger partial charge in [0.05, 0.1) is 35.7 Å². The maximum absolute atomic E-state index is 13.5. The number of rotatable bonds is 4. The van der Waals surface area contributed by atoms with E-state index in [-0.39, 0.29) is 23.3 Å². The minimum Gasteiger partial charge on any atom is -0.458 e. The van der Waals surface area contributed by atoms with Crippen molar-refractivity contribution < 1.29 is 19.0 Å². The van der Waals surface area contributed by atoms with Crippen molar-refractivity contribution in [3.05, 3.63) is 56.9 Å². The van der Waals surface area contributed by atoms with Crippen LogP contribution in [0.4, 0.5) is 10.1 Å². The molecule has 3 aliphatic heterocycles. The fourth-order valence-corrected chi connectivity index (χ4v) is 5.85. The molecular weight excluding hydrogens is 463 g/mol. The number of aryl methyl sites for hydroxylation is 1. The molecule has 1 N–H and O–H groups in total. The Morgan fingerprint density at radius 1 is 1.14 bits per heavy atom. The van der Waals surface area contributed by atoms with E-state index in [1.807, 2.05) is 6.07 Å². The predicted molar refractivity (Wildman–Crippen MR) is 134 cm³/mol. The molecule has 1 aromatic carbocycles. The largest absolute Gasteiger partial charge is 0.458 e. The lowest BCUT2D eigenvalue weighted by atomic mass is 9.85. The number of alkyl halides is 1. The molecule has 0 aliphatic carbocycles. The van der Waals surface area contributed by atoms with Gasteiger partial charge in [-0.2, -0.15) is 0 Å². The molecule has 0 radical (unpaired) electrons. The average molecular weight is 493 g/mol. The summed E-state index contributed by atoms with van der Waals surface area (Å²) in [5, 5.41) is 12.1.